The molecule has 3 heterocycles. The molecule has 1 fully saturated rings. The number of fused-ring (bicyclic) bond motifs is 4. The minimum absolute atomic E-state index is 0.0438. The molecule has 0 aliphatic heterocycles. The van der Waals surface area contributed by atoms with Gasteiger partial charge in [-0.1, -0.05) is 25.1 Å². The first-order valence-corrected chi connectivity index (χ1v) is 12.5. The molecular weight excluding hydrogens is 410 g/mol. The number of aromatic amines is 1. The summed E-state index contributed by atoms with van der Waals surface area (Å²) < 4.78 is 0. The van der Waals surface area contributed by atoms with Crippen molar-refractivity contribution in [3.05, 3.63) is 62.5 Å². The van der Waals surface area contributed by atoms with E-state index >= 15 is 0 Å². The molecule has 0 bridgehead atoms. The number of H-pyrrole nitrogens is 1. The Kier molecular flexibility index (Phi) is 4.46. The number of thiophene rings is 1. The molecule has 2 aliphatic rings. The highest BCUT2D eigenvalue weighted by Gasteiger charge is 2.30. The molecule has 4 nitrogen and oxygen atoms in total. The lowest BCUT2D eigenvalue weighted by Crippen LogP contribution is -2.09. The van der Waals surface area contributed by atoms with Gasteiger partial charge in [0.15, 0.2) is 0 Å². The van der Waals surface area contributed by atoms with Crippen LogP contribution in [0.25, 0.3) is 21.1 Å². The minimum atomic E-state index is -0.0438. The molecule has 1 N–H and O–H groups in total. The molecule has 1 aromatic carbocycles. The summed E-state index contributed by atoms with van der Waals surface area (Å²) in [5.41, 5.74) is 3.40. The van der Waals surface area contributed by atoms with E-state index in [1.807, 2.05) is 29.5 Å². The summed E-state index contributed by atoms with van der Waals surface area (Å²) in [5, 5.41) is 3.50. The number of rotatable bonds is 4. The van der Waals surface area contributed by atoms with Crippen LogP contribution in [0.15, 0.2) is 40.2 Å². The highest BCUT2D eigenvalue weighted by atomic mass is 32.2. The van der Waals surface area contributed by atoms with Crippen LogP contribution in [0.5, 0.6) is 0 Å². The first-order valence-electron chi connectivity index (χ1n) is 10.7. The number of aromatic nitrogens is 3. The number of nitrogens with zero attached hydrogens (tertiary/aromatic N) is 2. The van der Waals surface area contributed by atoms with Gasteiger partial charge in [0, 0.05) is 38.9 Å². The van der Waals surface area contributed by atoms with E-state index in [9.17, 15) is 4.79 Å². The van der Waals surface area contributed by atoms with Crippen LogP contribution in [-0.4, -0.2) is 15.0 Å². The van der Waals surface area contributed by atoms with Crippen LogP contribution in [0.2, 0.25) is 0 Å². The predicted molar refractivity (Wildman–Crippen MR) is 125 cm³/mol. The fourth-order valence-electron chi connectivity index (χ4n) is 4.50. The Labute approximate surface area is 183 Å². The standard InChI is InChI=1S/C24H23N3OS2/c1-13-6-9-17-19(10-13)30-24-21(17)23(26-22(27-24)14-7-8-14)29-12-15-11-20(28)25-18-5-3-2-4-16(15)18/h2-5,11,13-14H,6-10,12H2,1H3,(H,25,28)/t13-/m1/s1. The Morgan fingerprint density at radius 1 is 1.20 bits per heavy atom. The van der Waals surface area contributed by atoms with Gasteiger partial charge in [-0.25, -0.2) is 9.97 Å². The molecule has 0 spiro atoms. The Balaban J connectivity index is 1.44. The number of hydrogen-bond acceptors (Lipinski definition) is 5. The molecule has 0 amide bonds. The molecule has 1 saturated carbocycles. The Morgan fingerprint density at radius 3 is 2.93 bits per heavy atom. The van der Waals surface area contributed by atoms with Crippen molar-refractivity contribution in [3.63, 3.8) is 0 Å². The highest BCUT2D eigenvalue weighted by molar-refractivity contribution is 7.98. The van der Waals surface area contributed by atoms with E-state index in [1.54, 1.807) is 17.8 Å². The first-order chi connectivity index (χ1) is 14.7. The summed E-state index contributed by atoms with van der Waals surface area (Å²) in [4.78, 5) is 27.8. The third kappa shape index (κ3) is 3.26. The summed E-state index contributed by atoms with van der Waals surface area (Å²) in [6, 6.07) is 9.78. The van der Waals surface area contributed by atoms with Gasteiger partial charge in [-0.15, -0.1) is 23.1 Å². The van der Waals surface area contributed by atoms with Crippen LogP contribution in [-0.2, 0) is 18.6 Å². The Hall–Kier alpha value is -2.18. The van der Waals surface area contributed by atoms with Crippen LogP contribution in [0, 0.1) is 5.92 Å². The molecule has 2 aliphatic carbocycles. The molecule has 0 saturated heterocycles. The zero-order valence-electron chi connectivity index (χ0n) is 16.9. The second-order valence-corrected chi connectivity index (χ2v) is 10.7. The van der Waals surface area contributed by atoms with Gasteiger partial charge in [0.25, 0.3) is 0 Å². The van der Waals surface area contributed by atoms with E-state index in [0.717, 1.165) is 51.8 Å². The molecule has 4 aromatic rings. The topological polar surface area (TPSA) is 58.6 Å². The molecule has 6 heteroatoms. The highest BCUT2D eigenvalue weighted by Crippen LogP contribution is 2.45. The van der Waals surface area contributed by atoms with Gasteiger partial charge in [0.2, 0.25) is 5.56 Å². The zero-order valence-corrected chi connectivity index (χ0v) is 18.5. The van der Waals surface area contributed by atoms with Gasteiger partial charge in [-0.3, -0.25) is 4.79 Å². The van der Waals surface area contributed by atoms with E-state index in [0.29, 0.717) is 5.92 Å². The van der Waals surface area contributed by atoms with Crippen LogP contribution in [0.4, 0.5) is 0 Å². The van der Waals surface area contributed by atoms with Crippen LogP contribution in [0.3, 0.4) is 0 Å². The molecule has 6 rings (SSSR count). The van der Waals surface area contributed by atoms with E-state index < -0.39 is 0 Å². The lowest BCUT2D eigenvalue weighted by atomic mass is 9.89. The Bertz CT molecular complexity index is 1340. The first kappa shape index (κ1) is 18.6. The Morgan fingerprint density at radius 2 is 2.07 bits per heavy atom. The molecular formula is C24H23N3OS2. The van der Waals surface area contributed by atoms with Crippen LogP contribution < -0.4 is 5.56 Å². The van der Waals surface area contributed by atoms with Crippen molar-refractivity contribution in [1.82, 2.24) is 15.0 Å². The minimum Gasteiger partial charge on any atom is -0.322 e. The molecule has 0 unspecified atom stereocenters. The van der Waals surface area contributed by atoms with E-state index in [4.69, 9.17) is 9.97 Å². The lowest BCUT2D eigenvalue weighted by molar-refractivity contribution is 0.509. The fourth-order valence-corrected chi connectivity index (χ4v) is 7.00. The molecule has 1 atom stereocenters. The fraction of sp³-hybridized carbons (Fsp3) is 0.375. The number of pyridine rings is 1. The largest absolute Gasteiger partial charge is 0.322 e. The molecule has 0 radical (unpaired) electrons. The van der Waals surface area contributed by atoms with Crippen LogP contribution >= 0.6 is 23.1 Å². The summed E-state index contributed by atoms with van der Waals surface area (Å²) >= 11 is 3.65. The number of benzene rings is 1. The van der Waals surface area contributed by atoms with Crippen molar-refractivity contribution in [2.24, 2.45) is 5.92 Å². The van der Waals surface area contributed by atoms with E-state index in [1.165, 1.54) is 39.9 Å². The smallest absolute Gasteiger partial charge is 0.248 e. The summed E-state index contributed by atoms with van der Waals surface area (Å²) in [7, 11) is 0. The maximum Gasteiger partial charge on any atom is 0.248 e. The molecule has 30 heavy (non-hydrogen) atoms. The number of para-hydroxylation sites is 1. The predicted octanol–water partition coefficient (Wildman–Crippen LogP) is 5.83. The maximum atomic E-state index is 12.2. The van der Waals surface area contributed by atoms with Gasteiger partial charge in [-0.05, 0) is 55.2 Å². The summed E-state index contributed by atoms with van der Waals surface area (Å²) in [6.07, 6.45) is 5.95. The van der Waals surface area contributed by atoms with Gasteiger partial charge < -0.3 is 4.98 Å². The quantitative estimate of drug-likeness (QED) is 0.325. The van der Waals surface area contributed by atoms with Crippen LogP contribution in [0.1, 0.15) is 53.9 Å². The number of thioether (sulfide) groups is 1. The van der Waals surface area contributed by atoms with Gasteiger partial charge in [-0.2, -0.15) is 0 Å². The van der Waals surface area contributed by atoms with Crippen molar-refractivity contribution in [1.29, 1.82) is 0 Å². The SMILES string of the molecule is C[C@@H]1CCc2c(sc3nc(C4CC4)nc(SCc4cc(=O)[nH]c5ccccc45)c23)C1. The molecule has 152 valence electrons. The summed E-state index contributed by atoms with van der Waals surface area (Å²) in [5.74, 6) is 3.04. The van der Waals surface area contributed by atoms with Gasteiger partial charge in [0.1, 0.15) is 15.7 Å². The molecule has 3 aromatic heterocycles. The number of aryl methyl sites for hydroxylation is 1. The maximum absolute atomic E-state index is 12.2. The van der Waals surface area contributed by atoms with Gasteiger partial charge >= 0.3 is 0 Å². The van der Waals surface area contributed by atoms with E-state index in [2.05, 4.69) is 18.0 Å². The third-order valence-corrected chi connectivity index (χ3v) is 8.45. The van der Waals surface area contributed by atoms with Crippen molar-refractivity contribution in [2.45, 2.75) is 55.7 Å². The van der Waals surface area contributed by atoms with Crippen molar-refractivity contribution in [3.8, 4) is 0 Å². The van der Waals surface area contributed by atoms with Gasteiger partial charge in [0.05, 0.1) is 0 Å². The van der Waals surface area contributed by atoms with Crippen molar-refractivity contribution in [2.75, 3.05) is 0 Å². The van der Waals surface area contributed by atoms with E-state index in [-0.39, 0.29) is 5.56 Å². The number of hydrogen-bond donors (Lipinski definition) is 1. The summed E-state index contributed by atoms with van der Waals surface area (Å²) in [6.45, 7) is 2.35. The zero-order chi connectivity index (χ0) is 20.2. The lowest BCUT2D eigenvalue weighted by Gasteiger charge is -2.18. The average Bonchev–Trinajstić information content (AvgIpc) is 3.52. The second-order valence-electron chi connectivity index (χ2n) is 8.69. The average molecular weight is 434 g/mol. The monoisotopic (exact) mass is 433 g/mol. The second kappa shape index (κ2) is 7.20. The normalized spacial score (nSPS) is 18.8. The van der Waals surface area contributed by atoms with Crippen molar-refractivity contribution < 1.29 is 0 Å². The van der Waals surface area contributed by atoms with Crippen molar-refractivity contribution >= 4 is 44.2 Å². The number of nitrogens with one attached hydrogen (secondary N) is 1. The third-order valence-electron chi connectivity index (χ3n) is 6.28.